The summed E-state index contributed by atoms with van der Waals surface area (Å²) in [6.45, 7) is 5.53. The molecule has 174 valence electrons. The van der Waals surface area contributed by atoms with Gasteiger partial charge in [-0.25, -0.2) is 4.98 Å². The van der Waals surface area contributed by atoms with E-state index in [2.05, 4.69) is 23.9 Å². The monoisotopic (exact) mass is 456 g/mol. The first-order chi connectivity index (χ1) is 16.3. The normalized spacial score (nSPS) is 14.0. The van der Waals surface area contributed by atoms with E-state index in [1.807, 2.05) is 41.4 Å². The maximum atomic E-state index is 13.1. The number of aromatic nitrogens is 4. The second-order valence-corrected chi connectivity index (χ2v) is 9.28. The maximum Gasteiger partial charge on any atom is 0.276 e. The zero-order valence-electron chi connectivity index (χ0n) is 19.7. The van der Waals surface area contributed by atoms with Gasteiger partial charge in [-0.15, -0.1) is 0 Å². The summed E-state index contributed by atoms with van der Waals surface area (Å²) >= 11 is 0. The van der Waals surface area contributed by atoms with Gasteiger partial charge in [-0.1, -0.05) is 26.0 Å². The Hall–Kier alpha value is -3.94. The van der Waals surface area contributed by atoms with E-state index in [4.69, 9.17) is 5.73 Å². The number of aryl methyl sites for hydroxylation is 1. The summed E-state index contributed by atoms with van der Waals surface area (Å²) < 4.78 is 3.38. The molecule has 0 atom stereocenters. The first-order valence-electron chi connectivity index (χ1n) is 11.6. The van der Waals surface area contributed by atoms with Gasteiger partial charge in [-0.3, -0.25) is 14.3 Å². The lowest BCUT2D eigenvalue weighted by molar-refractivity contribution is -0.117. The Balaban J connectivity index is 1.60. The van der Waals surface area contributed by atoms with E-state index in [1.165, 1.54) is 0 Å². The first-order valence-corrected chi connectivity index (χ1v) is 11.6. The van der Waals surface area contributed by atoms with Crippen molar-refractivity contribution in [3.05, 3.63) is 59.3 Å². The van der Waals surface area contributed by atoms with Gasteiger partial charge in [0, 0.05) is 66.7 Å². The maximum absolute atomic E-state index is 13.1. The van der Waals surface area contributed by atoms with Gasteiger partial charge in [0.05, 0.1) is 6.20 Å². The minimum Gasteiger partial charge on any atom is -0.383 e. The molecule has 0 spiro atoms. The van der Waals surface area contributed by atoms with Crippen LogP contribution in [0, 0.1) is 5.92 Å². The Morgan fingerprint density at radius 1 is 1.06 bits per heavy atom. The van der Waals surface area contributed by atoms with E-state index in [-0.39, 0.29) is 11.5 Å². The van der Waals surface area contributed by atoms with Crippen LogP contribution in [0.4, 0.5) is 11.5 Å². The van der Waals surface area contributed by atoms with Gasteiger partial charge in [-0.2, -0.15) is 5.10 Å². The van der Waals surface area contributed by atoms with Crippen LogP contribution in [0.1, 0.15) is 26.7 Å². The van der Waals surface area contributed by atoms with Gasteiger partial charge in [0.2, 0.25) is 5.91 Å². The standard InChI is InChI=1S/C26H28N6O2/c1-16(2)14-31-15-22(21-13-29-30(3)24(21)26(31)34)18-11-20(25(27)28-12-18)17-6-8-19(9-7-17)32-10-4-5-23(32)33/h6-9,11-13,15-16H,4-5,10,14H2,1-3H3,(H2,27,28). The predicted molar refractivity (Wildman–Crippen MR) is 134 cm³/mol. The molecule has 34 heavy (non-hydrogen) atoms. The Bertz CT molecular complexity index is 1450. The Morgan fingerprint density at radius 2 is 1.82 bits per heavy atom. The Labute approximate surface area is 197 Å². The number of carbonyl (C=O) groups is 1. The average molecular weight is 457 g/mol. The second-order valence-electron chi connectivity index (χ2n) is 9.28. The van der Waals surface area contributed by atoms with Gasteiger partial charge in [0.15, 0.2) is 0 Å². The van der Waals surface area contributed by atoms with Crippen LogP contribution in [0.2, 0.25) is 0 Å². The van der Waals surface area contributed by atoms with Gasteiger partial charge in [0.1, 0.15) is 11.3 Å². The third-order valence-corrected chi connectivity index (χ3v) is 6.33. The Morgan fingerprint density at radius 3 is 2.50 bits per heavy atom. The number of rotatable bonds is 5. The van der Waals surface area contributed by atoms with E-state index in [0.29, 0.717) is 30.2 Å². The van der Waals surface area contributed by atoms with E-state index in [1.54, 1.807) is 28.7 Å². The van der Waals surface area contributed by atoms with Crippen LogP contribution in [0.15, 0.2) is 53.7 Å². The number of amides is 1. The van der Waals surface area contributed by atoms with Crippen LogP contribution < -0.4 is 16.2 Å². The van der Waals surface area contributed by atoms with Gasteiger partial charge >= 0.3 is 0 Å². The molecule has 0 saturated carbocycles. The lowest BCUT2D eigenvalue weighted by Crippen LogP contribution is -2.24. The summed E-state index contributed by atoms with van der Waals surface area (Å²) in [5, 5.41) is 5.13. The van der Waals surface area contributed by atoms with Gasteiger partial charge < -0.3 is 15.2 Å². The largest absolute Gasteiger partial charge is 0.383 e. The van der Waals surface area contributed by atoms with Crippen molar-refractivity contribution in [2.45, 2.75) is 33.2 Å². The number of nitrogens with zero attached hydrogens (tertiary/aromatic N) is 5. The molecular weight excluding hydrogens is 428 g/mol. The summed E-state index contributed by atoms with van der Waals surface area (Å²) in [4.78, 5) is 31.4. The van der Waals surface area contributed by atoms with Gasteiger partial charge in [0.25, 0.3) is 5.56 Å². The first kappa shape index (κ1) is 21.9. The third-order valence-electron chi connectivity index (χ3n) is 6.33. The predicted octanol–water partition coefficient (Wildman–Crippen LogP) is 3.83. The van der Waals surface area contributed by atoms with Crippen molar-refractivity contribution in [3.8, 4) is 22.3 Å². The van der Waals surface area contributed by atoms with Crippen molar-refractivity contribution in [1.82, 2.24) is 19.3 Å². The van der Waals surface area contributed by atoms with Crippen LogP contribution in [-0.4, -0.2) is 31.8 Å². The molecule has 1 aliphatic rings. The van der Waals surface area contributed by atoms with Crippen molar-refractivity contribution in [2.75, 3.05) is 17.2 Å². The SMILES string of the molecule is CC(C)Cn1cc(-c2cnc(N)c(-c3ccc(N4CCCC4=O)cc3)c2)c2cnn(C)c2c1=O. The smallest absolute Gasteiger partial charge is 0.276 e. The zero-order chi connectivity index (χ0) is 24.0. The molecule has 1 fully saturated rings. The number of carbonyl (C=O) groups excluding carboxylic acids is 1. The van der Waals surface area contributed by atoms with E-state index < -0.39 is 0 Å². The molecule has 1 aliphatic heterocycles. The lowest BCUT2D eigenvalue weighted by Gasteiger charge is -2.16. The number of hydrogen-bond donors (Lipinski definition) is 1. The highest BCUT2D eigenvalue weighted by atomic mass is 16.2. The third kappa shape index (κ3) is 3.75. The molecule has 4 heterocycles. The van der Waals surface area contributed by atoms with Gasteiger partial charge in [-0.05, 0) is 36.1 Å². The number of nitrogens with two attached hydrogens (primary N) is 1. The topological polar surface area (TPSA) is 99.0 Å². The summed E-state index contributed by atoms with van der Waals surface area (Å²) in [5.74, 6) is 0.900. The van der Waals surface area contributed by atoms with Crippen LogP contribution in [0.25, 0.3) is 33.2 Å². The highest BCUT2D eigenvalue weighted by Gasteiger charge is 2.22. The number of benzene rings is 1. The van der Waals surface area contributed by atoms with Crippen molar-refractivity contribution >= 4 is 28.3 Å². The van der Waals surface area contributed by atoms with E-state index in [0.717, 1.165) is 46.3 Å². The quantitative estimate of drug-likeness (QED) is 0.492. The molecule has 2 N–H and O–H groups in total. The zero-order valence-corrected chi connectivity index (χ0v) is 19.7. The van der Waals surface area contributed by atoms with Crippen molar-refractivity contribution in [2.24, 2.45) is 13.0 Å². The molecule has 1 amide bonds. The van der Waals surface area contributed by atoms with Crippen molar-refractivity contribution in [1.29, 1.82) is 0 Å². The molecule has 5 rings (SSSR count). The van der Waals surface area contributed by atoms with E-state index in [9.17, 15) is 9.59 Å². The minimum absolute atomic E-state index is 0.0527. The second kappa shape index (κ2) is 8.44. The summed E-state index contributed by atoms with van der Waals surface area (Å²) in [5.41, 5.74) is 11.1. The molecule has 0 bridgehead atoms. The fourth-order valence-electron chi connectivity index (χ4n) is 4.66. The number of hydrogen-bond acceptors (Lipinski definition) is 5. The van der Waals surface area contributed by atoms with Crippen LogP contribution in [0.5, 0.6) is 0 Å². The summed E-state index contributed by atoms with van der Waals surface area (Å²) in [6, 6.07) is 9.85. The van der Waals surface area contributed by atoms with Crippen molar-refractivity contribution < 1.29 is 4.79 Å². The Kier molecular flexibility index (Phi) is 5.43. The number of nitrogen functional groups attached to an aromatic ring is 1. The molecule has 3 aromatic heterocycles. The highest BCUT2D eigenvalue weighted by molar-refractivity contribution is 5.96. The molecular formula is C26H28N6O2. The highest BCUT2D eigenvalue weighted by Crippen LogP contribution is 2.33. The van der Waals surface area contributed by atoms with Crippen LogP contribution in [0.3, 0.4) is 0 Å². The number of fused-ring (bicyclic) bond motifs is 1. The van der Waals surface area contributed by atoms with Crippen LogP contribution >= 0.6 is 0 Å². The lowest BCUT2D eigenvalue weighted by atomic mass is 10.00. The van der Waals surface area contributed by atoms with Crippen LogP contribution in [-0.2, 0) is 18.4 Å². The summed E-state index contributed by atoms with van der Waals surface area (Å²) in [7, 11) is 1.78. The molecule has 8 nitrogen and oxygen atoms in total. The number of pyridine rings is 2. The minimum atomic E-state index is -0.0527. The van der Waals surface area contributed by atoms with E-state index >= 15 is 0 Å². The molecule has 0 radical (unpaired) electrons. The molecule has 4 aromatic rings. The fourth-order valence-corrected chi connectivity index (χ4v) is 4.66. The van der Waals surface area contributed by atoms with Crippen molar-refractivity contribution in [3.63, 3.8) is 0 Å². The summed E-state index contributed by atoms with van der Waals surface area (Å²) in [6.07, 6.45) is 6.85. The molecule has 1 saturated heterocycles. The molecule has 0 unspecified atom stereocenters. The average Bonchev–Trinajstić information content (AvgIpc) is 3.42. The number of anilines is 2. The molecule has 8 heteroatoms. The fraction of sp³-hybridized carbons (Fsp3) is 0.308. The molecule has 0 aliphatic carbocycles. The molecule has 1 aromatic carbocycles.